The third-order valence-corrected chi connectivity index (χ3v) is 3.45. The number of hydrogen-bond donors (Lipinski definition) is 2. The topological polar surface area (TPSA) is 67.4 Å². The Morgan fingerprint density at radius 3 is 2.39 bits per heavy atom. The predicted octanol–water partition coefficient (Wildman–Crippen LogP) is 2.99. The minimum Gasteiger partial charge on any atom is -0.497 e. The summed E-state index contributed by atoms with van der Waals surface area (Å²) >= 11 is 5.95. The van der Waals surface area contributed by atoms with Gasteiger partial charge in [-0.05, 0) is 29.8 Å². The van der Waals surface area contributed by atoms with Crippen molar-refractivity contribution in [3.8, 4) is 5.75 Å². The molecule has 0 unspecified atom stereocenters. The van der Waals surface area contributed by atoms with Gasteiger partial charge >= 0.3 is 0 Å². The fraction of sp³-hybridized carbons (Fsp3) is 0.176. The van der Waals surface area contributed by atoms with E-state index in [1.807, 2.05) is 24.3 Å². The SMILES string of the molecule is COc1ccc(CNC(=O)CC(=O)Nc2ccccc2Cl)cc1. The van der Waals surface area contributed by atoms with Crippen molar-refractivity contribution in [2.24, 2.45) is 0 Å². The second kappa shape index (κ2) is 8.19. The van der Waals surface area contributed by atoms with Crippen LogP contribution in [0, 0.1) is 0 Å². The summed E-state index contributed by atoms with van der Waals surface area (Å²) in [4.78, 5) is 23.6. The summed E-state index contributed by atoms with van der Waals surface area (Å²) in [5, 5.41) is 5.73. The van der Waals surface area contributed by atoms with Gasteiger partial charge in [-0.1, -0.05) is 35.9 Å². The zero-order valence-corrected chi connectivity index (χ0v) is 13.4. The molecule has 2 aromatic rings. The maximum atomic E-state index is 11.8. The highest BCUT2D eigenvalue weighted by molar-refractivity contribution is 6.33. The highest BCUT2D eigenvalue weighted by Gasteiger charge is 2.10. The van der Waals surface area contributed by atoms with Gasteiger partial charge < -0.3 is 15.4 Å². The fourth-order valence-electron chi connectivity index (χ4n) is 1.91. The first-order valence-corrected chi connectivity index (χ1v) is 7.40. The van der Waals surface area contributed by atoms with Gasteiger partial charge in [0.1, 0.15) is 12.2 Å². The molecule has 2 aromatic carbocycles. The zero-order valence-electron chi connectivity index (χ0n) is 12.6. The summed E-state index contributed by atoms with van der Waals surface area (Å²) in [6, 6.07) is 14.2. The molecule has 0 heterocycles. The van der Waals surface area contributed by atoms with Gasteiger partial charge in [0.15, 0.2) is 0 Å². The largest absolute Gasteiger partial charge is 0.497 e. The summed E-state index contributed by atoms with van der Waals surface area (Å²) in [7, 11) is 1.59. The molecule has 23 heavy (non-hydrogen) atoms. The number of anilines is 1. The molecule has 0 aliphatic carbocycles. The molecule has 0 aliphatic heterocycles. The van der Waals surface area contributed by atoms with Crippen LogP contribution in [0.15, 0.2) is 48.5 Å². The smallest absolute Gasteiger partial charge is 0.233 e. The van der Waals surface area contributed by atoms with Crippen molar-refractivity contribution in [3.63, 3.8) is 0 Å². The van der Waals surface area contributed by atoms with Crippen molar-refractivity contribution < 1.29 is 14.3 Å². The summed E-state index contributed by atoms with van der Waals surface area (Å²) < 4.78 is 5.06. The Morgan fingerprint density at radius 2 is 1.74 bits per heavy atom. The number of para-hydroxylation sites is 1. The summed E-state index contributed by atoms with van der Waals surface area (Å²) in [5.74, 6) is -0.0186. The van der Waals surface area contributed by atoms with Crippen LogP contribution in [-0.4, -0.2) is 18.9 Å². The lowest BCUT2D eigenvalue weighted by Gasteiger charge is -2.08. The maximum absolute atomic E-state index is 11.8. The van der Waals surface area contributed by atoms with Crippen LogP contribution >= 0.6 is 11.6 Å². The fourth-order valence-corrected chi connectivity index (χ4v) is 2.09. The van der Waals surface area contributed by atoms with Gasteiger partial charge in [0.25, 0.3) is 0 Å². The van der Waals surface area contributed by atoms with Gasteiger partial charge in [0, 0.05) is 6.54 Å². The quantitative estimate of drug-likeness (QED) is 0.799. The molecule has 6 heteroatoms. The Balaban J connectivity index is 1.79. The third-order valence-electron chi connectivity index (χ3n) is 3.12. The number of amides is 2. The normalized spacial score (nSPS) is 10.0. The maximum Gasteiger partial charge on any atom is 0.233 e. The minimum atomic E-state index is -0.412. The Morgan fingerprint density at radius 1 is 1.04 bits per heavy atom. The molecule has 0 saturated heterocycles. The highest BCUT2D eigenvalue weighted by Crippen LogP contribution is 2.20. The highest BCUT2D eigenvalue weighted by atomic mass is 35.5. The summed E-state index contributed by atoms with van der Waals surface area (Å²) in [6.07, 6.45) is -0.263. The van der Waals surface area contributed by atoms with E-state index in [1.54, 1.807) is 31.4 Å². The molecule has 0 aliphatic rings. The first-order valence-electron chi connectivity index (χ1n) is 7.02. The number of halogens is 1. The Bertz CT molecular complexity index is 686. The molecule has 0 saturated carbocycles. The van der Waals surface area contributed by atoms with Gasteiger partial charge in [-0.3, -0.25) is 9.59 Å². The lowest BCUT2D eigenvalue weighted by Crippen LogP contribution is -2.27. The van der Waals surface area contributed by atoms with E-state index in [9.17, 15) is 9.59 Å². The lowest BCUT2D eigenvalue weighted by atomic mass is 10.2. The van der Waals surface area contributed by atoms with Gasteiger partial charge in [-0.2, -0.15) is 0 Å². The van der Waals surface area contributed by atoms with Crippen LogP contribution in [0.1, 0.15) is 12.0 Å². The number of nitrogens with one attached hydrogen (secondary N) is 2. The molecule has 0 fully saturated rings. The molecular formula is C17H17ClN2O3. The van der Waals surface area contributed by atoms with Crippen LogP contribution in [0.4, 0.5) is 5.69 Å². The second-order valence-corrected chi connectivity index (χ2v) is 5.24. The number of benzene rings is 2. The van der Waals surface area contributed by atoms with Gasteiger partial charge in [0.05, 0.1) is 17.8 Å². The van der Waals surface area contributed by atoms with Crippen LogP contribution in [0.5, 0.6) is 5.75 Å². The number of carbonyl (C=O) groups excluding carboxylic acids is 2. The van der Waals surface area contributed by atoms with E-state index in [4.69, 9.17) is 16.3 Å². The van der Waals surface area contributed by atoms with Crippen molar-refractivity contribution in [3.05, 3.63) is 59.1 Å². The van der Waals surface area contributed by atoms with E-state index in [0.717, 1.165) is 11.3 Å². The van der Waals surface area contributed by atoms with E-state index in [0.29, 0.717) is 17.3 Å². The van der Waals surface area contributed by atoms with Gasteiger partial charge in [0.2, 0.25) is 11.8 Å². The zero-order chi connectivity index (χ0) is 16.7. The first-order chi connectivity index (χ1) is 11.1. The average Bonchev–Trinajstić information content (AvgIpc) is 2.55. The summed E-state index contributed by atoms with van der Waals surface area (Å²) in [6.45, 7) is 0.349. The van der Waals surface area contributed by atoms with Crippen LogP contribution in [-0.2, 0) is 16.1 Å². The minimum absolute atomic E-state index is 0.263. The molecule has 0 aromatic heterocycles. The van der Waals surface area contributed by atoms with Crippen molar-refractivity contribution in [2.75, 3.05) is 12.4 Å². The number of ether oxygens (including phenoxy) is 1. The number of methoxy groups -OCH3 is 1. The van der Waals surface area contributed by atoms with E-state index in [2.05, 4.69) is 10.6 Å². The molecule has 2 rings (SSSR count). The average molecular weight is 333 g/mol. The molecule has 0 bridgehead atoms. The Labute approximate surface area is 139 Å². The molecule has 0 atom stereocenters. The second-order valence-electron chi connectivity index (χ2n) is 4.83. The van der Waals surface area contributed by atoms with Crippen LogP contribution in [0.3, 0.4) is 0 Å². The van der Waals surface area contributed by atoms with Crippen molar-refractivity contribution in [1.29, 1.82) is 0 Å². The summed E-state index contributed by atoms with van der Waals surface area (Å²) in [5.41, 5.74) is 1.41. The van der Waals surface area contributed by atoms with E-state index < -0.39 is 5.91 Å². The van der Waals surface area contributed by atoms with Crippen LogP contribution < -0.4 is 15.4 Å². The van der Waals surface area contributed by atoms with E-state index in [1.165, 1.54) is 0 Å². The third kappa shape index (κ3) is 5.30. The lowest BCUT2D eigenvalue weighted by molar-refractivity contribution is -0.126. The Hall–Kier alpha value is -2.53. The molecule has 0 radical (unpaired) electrons. The van der Waals surface area contributed by atoms with Crippen molar-refractivity contribution in [1.82, 2.24) is 5.32 Å². The monoisotopic (exact) mass is 332 g/mol. The first kappa shape index (κ1) is 16.8. The predicted molar refractivity (Wildman–Crippen MR) is 89.5 cm³/mol. The molecule has 5 nitrogen and oxygen atoms in total. The Kier molecular flexibility index (Phi) is 6.00. The van der Waals surface area contributed by atoms with Gasteiger partial charge in [-0.15, -0.1) is 0 Å². The van der Waals surface area contributed by atoms with Crippen LogP contribution in [0.2, 0.25) is 5.02 Å². The molecule has 0 spiro atoms. The van der Waals surface area contributed by atoms with E-state index >= 15 is 0 Å². The van der Waals surface area contributed by atoms with Gasteiger partial charge in [-0.25, -0.2) is 0 Å². The van der Waals surface area contributed by atoms with Crippen LogP contribution in [0.25, 0.3) is 0 Å². The van der Waals surface area contributed by atoms with Crippen molar-refractivity contribution in [2.45, 2.75) is 13.0 Å². The van der Waals surface area contributed by atoms with Crippen molar-refractivity contribution >= 4 is 29.1 Å². The molecular weight excluding hydrogens is 316 g/mol. The number of rotatable bonds is 6. The molecule has 2 N–H and O–H groups in total. The van der Waals surface area contributed by atoms with E-state index in [-0.39, 0.29) is 12.3 Å². The molecule has 120 valence electrons. The molecule has 2 amide bonds. The number of carbonyl (C=O) groups is 2. The number of hydrogen-bond acceptors (Lipinski definition) is 3. The standard InChI is InChI=1S/C17H17ClN2O3/c1-23-13-8-6-12(7-9-13)11-19-16(21)10-17(22)20-15-5-3-2-4-14(15)18/h2-9H,10-11H2,1H3,(H,19,21)(H,20,22).